The van der Waals surface area contributed by atoms with Crippen molar-refractivity contribution in [3.05, 3.63) is 58.8 Å². The lowest BCUT2D eigenvalue weighted by Gasteiger charge is -2.28. The molecule has 1 amide bonds. The first-order valence-electron chi connectivity index (χ1n) is 5.77. The summed E-state index contributed by atoms with van der Waals surface area (Å²) >= 11 is 3.37. The van der Waals surface area contributed by atoms with Crippen LogP contribution in [0.2, 0.25) is 0 Å². The van der Waals surface area contributed by atoms with Gasteiger partial charge in [0.25, 0.3) is 0 Å². The molecule has 0 aliphatic rings. The van der Waals surface area contributed by atoms with Gasteiger partial charge in [-0.05, 0) is 43.3 Å². The molecule has 0 radical (unpaired) electrons. The van der Waals surface area contributed by atoms with Crippen LogP contribution in [0.15, 0.2) is 53.1 Å². The van der Waals surface area contributed by atoms with Gasteiger partial charge in [-0.25, -0.2) is 0 Å². The van der Waals surface area contributed by atoms with Crippen LogP contribution >= 0.6 is 15.9 Å². The predicted octanol–water partition coefficient (Wildman–Crippen LogP) is 2.66. The Morgan fingerprint density at radius 2 is 1.95 bits per heavy atom. The Labute approximate surface area is 120 Å². The van der Waals surface area contributed by atoms with Gasteiger partial charge in [0, 0.05) is 16.4 Å². The highest BCUT2D eigenvalue weighted by Crippen LogP contribution is 2.25. The summed E-state index contributed by atoms with van der Waals surface area (Å²) in [5, 5.41) is 3.14. The molecule has 3 N–H and O–H groups in total. The van der Waals surface area contributed by atoms with Gasteiger partial charge in [0.2, 0.25) is 5.91 Å². The monoisotopic (exact) mass is 319 g/mol. The zero-order valence-electron chi connectivity index (χ0n) is 10.4. The van der Waals surface area contributed by atoms with E-state index in [-0.39, 0.29) is 0 Å². The van der Waals surface area contributed by atoms with E-state index in [0.29, 0.717) is 5.69 Å². The van der Waals surface area contributed by atoms with Crippen LogP contribution in [-0.2, 0) is 10.3 Å². The van der Waals surface area contributed by atoms with Gasteiger partial charge in [-0.2, -0.15) is 0 Å². The molecule has 0 fully saturated rings. The molecule has 98 valence electrons. The van der Waals surface area contributed by atoms with Crippen molar-refractivity contribution in [2.75, 3.05) is 5.32 Å². The molecule has 2 aromatic rings. The van der Waals surface area contributed by atoms with E-state index in [1.54, 1.807) is 25.3 Å². The number of nitrogens with one attached hydrogen (secondary N) is 1. The number of aromatic nitrogens is 1. The molecule has 0 aliphatic carbocycles. The Balaban J connectivity index is 2.36. The number of hydrogen-bond donors (Lipinski definition) is 2. The minimum absolute atomic E-state index is 0.478. The topological polar surface area (TPSA) is 68.0 Å². The fourth-order valence-electron chi connectivity index (χ4n) is 1.73. The van der Waals surface area contributed by atoms with E-state index in [9.17, 15) is 4.79 Å². The maximum Gasteiger partial charge on any atom is 0.249 e. The fourth-order valence-corrected chi connectivity index (χ4v) is 2.00. The van der Waals surface area contributed by atoms with E-state index in [2.05, 4.69) is 26.2 Å². The number of carbonyl (C=O) groups excluding carboxylic acids is 1. The molecule has 4 nitrogen and oxygen atoms in total. The Bertz CT molecular complexity index is 571. The molecule has 0 aliphatic heterocycles. The van der Waals surface area contributed by atoms with Crippen molar-refractivity contribution in [3.63, 3.8) is 0 Å². The van der Waals surface area contributed by atoms with E-state index >= 15 is 0 Å². The lowest BCUT2D eigenvalue weighted by atomic mass is 9.95. The van der Waals surface area contributed by atoms with Crippen molar-refractivity contribution in [1.29, 1.82) is 0 Å². The van der Waals surface area contributed by atoms with Crippen molar-refractivity contribution in [2.24, 2.45) is 5.73 Å². The van der Waals surface area contributed by atoms with E-state index in [1.165, 1.54) is 0 Å². The summed E-state index contributed by atoms with van der Waals surface area (Å²) in [5.41, 5.74) is 5.87. The number of pyridine rings is 1. The van der Waals surface area contributed by atoms with Crippen LogP contribution in [0.1, 0.15) is 12.6 Å². The molecule has 1 heterocycles. The number of rotatable bonds is 4. The summed E-state index contributed by atoms with van der Waals surface area (Å²) in [5.74, 6) is -0.478. The Kier molecular flexibility index (Phi) is 3.85. The van der Waals surface area contributed by atoms with Crippen LogP contribution in [0.4, 0.5) is 5.69 Å². The second-order valence-electron chi connectivity index (χ2n) is 4.34. The Morgan fingerprint density at radius 1 is 1.26 bits per heavy atom. The summed E-state index contributed by atoms with van der Waals surface area (Å²) in [6.45, 7) is 1.72. The molecule has 0 spiro atoms. The van der Waals surface area contributed by atoms with Crippen LogP contribution < -0.4 is 11.1 Å². The van der Waals surface area contributed by atoms with E-state index in [0.717, 1.165) is 10.2 Å². The summed E-state index contributed by atoms with van der Waals surface area (Å²) in [6, 6.07) is 12.9. The number of carbonyl (C=O) groups is 1. The number of primary amides is 1. The molecule has 1 unspecified atom stereocenters. The predicted molar refractivity (Wildman–Crippen MR) is 78.5 cm³/mol. The van der Waals surface area contributed by atoms with Gasteiger partial charge in [-0.3, -0.25) is 9.78 Å². The first-order valence-corrected chi connectivity index (χ1v) is 6.57. The number of anilines is 1. The third-order valence-electron chi connectivity index (χ3n) is 2.91. The summed E-state index contributed by atoms with van der Waals surface area (Å²) in [7, 11) is 0. The van der Waals surface area contributed by atoms with Crippen LogP contribution in [0.25, 0.3) is 0 Å². The highest BCUT2D eigenvalue weighted by Gasteiger charge is 2.34. The molecule has 0 saturated heterocycles. The standard InChI is InChI=1S/C14H14BrN3O/c1-14(13(16)19,12-4-2-3-9-17-12)18-11-7-5-10(15)6-8-11/h2-9,18H,1H3,(H2,16,19). The Hall–Kier alpha value is -1.88. The molecule has 1 aromatic carbocycles. The largest absolute Gasteiger partial charge is 0.367 e. The average molecular weight is 320 g/mol. The van der Waals surface area contributed by atoms with Crippen molar-refractivity contribution < 1.29 is 4.79 Å². The van der Waals surface area contributed by atoms with Crippen LogP contribution in [0.3, 0.4) is 0 Å². The van der Waals surface area contributed by atoms with Crippen LogP contribution in [-0.4, -0.2) is 10.9 Å². The smallest absolute Gasteiger partial charge is 0.249 e. The molecule has 1 atom stereocenters. The van der Waals surface area contributed by atoms with Crippen LogP contribution in [0, 0.1) is 0 Å². The third-order valence-corrected chi connectivity index (χ3v) is 3.44. The normalized spacial score (nSPS) is 13.6. The van der Waals surface area contributed by atoms with Crippen LogP contribution in [0.5, 0.6) is 0 Å². The lowest BCUT2D eigenvalue weighted by Crippen LogP contribution is -2.45. The van der Waals surface area contributed by atoms with Gasteiger partial charge in [0.1, 0.15) is 0 Å². The minimum atomic E-state index is -1.05. The first kappa shape index (κ1) is 13.5. The van der Waals surface area contributed by atoms with Crippen molar-refractivity contribution in [3.8, 4) is 0 Å². The van der Waals surface area contributed by atoms with Crippen molar-refractivity contribution in [1.82, 2.24) is 4.98 Å². The number of nitrogens with two attached hydrogens (primary N) is 1. The summed E-state index contributed by atoms with van der Waals surface area (Å²) < 4.78 is 0.969. The van der Waals surface area contributed by atoms with Gasteiger partial charge < -0.3 is 11.1 Å². The molecular weight excluding hydrogens is 306 g/mol. The van der Waals surface area contributed by atoms with Gasteiger partial charge >= 0.3 is 0 Å². The minimum Gasteiger partial charge on any atom is -0.367 e. The molecule has 0 bridgehead atoms. The fraction of sp³-hybridized carbons (Fsp3) is 0.143. The highest BCUT2D eigenvalue weighted by atomic mass is 79.9. The quantitative estimate of drug-likeness (QED) is 0.910. The average Bonchev–Trinajstić information content (AvgIpc) is 2.42. The number of amides is 1. The molecule has 2 rings (SSSR count). The third kappa shape index (κ3) is 2.93. The molecule has 19 heavy (non-hydrogen) atoms. The van der Waals surface area contributed by atoms with E-state index < -0.39 is 11.4 Å². The van der Waals surface area contributed by atoms with Gasteiger partial charge in [-0.1, -0.05) is 22.0 Å². The number of nitrogens with zero attached hydrogens (tertiary/aromatic N) is 1. The van der Waals surface area contributed by atoms with E-state index in [1.807, 2.05) is 30.3 Å². The molecule has 0 saturated carbocycles. The molecule has 5 heteroatoms. The number of benzene rings is 1. The summed E-state index contributed by atoms with van der Waals surface area (Å²) in [6.07, 6.45) is 1.64. The van der Waals surface area contributed by atoms with Gasteiger partial charge in [0.05, 0.1) is 5.69 Å². The SMILES string of the molecule is CC(Nc1ccc(Br)cc1)(C(N)=O)c1ccccn1. The molecular formula is C14H14BrN3O. The van der Waals surface area contributed by atoms with E-state index in [4.69, 9.17) is 5.73 Å². The van der Waals surface area contributed by atoms with Crippen molar-refractivity contribution >= 4 is 27.5 Å². The second-order valence-corrected chi connectivity index (χ2v) is 5.25. The summed E-state index contributed by atoms with van der Waals surface area (Å²) in [4.78, 5) is 16.0. The van der Waals surface area contributed by atoms with Gasteiger partial charge in [-0.15, -0.1) is 0 Å². The zero-order chi connectivity index (χ0) is 13.9. The second kappa shape index (κ2) is 5.40. The maximum atomic E-state index is 11.8. The lowest BCUT2D eigenvalue weighted by molar-refractivity contribution is -0.122. The van der Waals surface area contributed by atoms with Gasteiger partial charge in [0.15, 0.2) is 5.54 Å². The zero-order valence-corrected chi connectivity index (χ0v) is 12.0. The number of hydrogen-bond acceptors (Lipinski definition) is 3. The Morgan fingerprint density at radius 3 is 2.47 bits per heavy atom. The number of halogens is 1. The van der Waals surface area contributed by atoms with Crippen molar-refractivity contribution in [2.45, 2.75) is 12.5 Å². The highest BCUT2D eigenvalue weighted by molar-refractivity contribution is 9.10. The first-order chi connectivity index (χ1) is 9.02. The maximum absolute atomic E-state index is 11.8. The molecule has 1 aromatic heterocycles.